The molecule has 10 heavy (non-hydrogen) atoms. The smallest absolute Gasteiger partial charge is 0.161 e. The molecule has 0 radical (unpaired) electrons. The van der Waals surface area contributed by atoms with Crippen LogP contribution >= 0.6 is 11.6 Å². The van der Waals surface area contributed by atoms with Gasteiger partial charge in [-0.05, 0) is 11.6 Å². The van der Waals surface area contributed by atoms with E-state index in [1.165, 1.54) is 6.08 Å². The molecule has 1 atom stereocenters. The van der Waals surface area contributed by atoms with Gasteiger partial charge in [0.25, 0.3) is 0 Å². The minimum atomic E-state index is -1.24. The van der Waals surface area contributed by atoms with Crippen LogP contribution in [0.15, 0.2) is 23.8 Å². The molecule has 1 aliphatic rings. The Bertz CT molecular complexity index is 182. The van der Waals surface area contributed by atoms with Gasteiger partial charge in [-0.25, -0.2) is 0 Å². The number of rotatable bonds is 1. The third-order valence-electron chi connectivity index (χ3n) is 1.39. The molecule has 0 saturated heterocycles. The molecule has 0 heterocycles. The second-order valence-electron chi connectivity index (χ2n) is 2.29. The summed E-state index contributed by atoms with van der Waals surface area (Å²) >= 11 is 5.54. The zero-order valence-corrected chi connectivity index (χ0v) is 6.17. The maximum Gasteiger partial charge on any atom is 0.161 e. The first kappa shape index (κ1) is 7.79. The van der Waals surface area contributed by atoms with Gasteiger partial charge in [-0.15, -0.1) is 0 Å². The summed E-state index contributed by atoms with van der Waals surface area (Å²) < 4.78 is 0. The van der Waals surface area contributed by atoms with Crippen molar-refractivity contribution in [1.29, 1.82) is 0 Å². The summed E-state index contributed by atoms with van der Waals surface area (Å²) in [6, 6.07) is 0. The fourth-order valence-corrected chi connectivity index (χ4v) is 0.902. The average molecular weight is 161 g/mol. The van der Waals surface area contributed by atoms with Crippen LogP contribution in [0.4, 0.5) is 0 Å². The minimum absolute atomic E-state index is 0.00344. The fourth-order valence-electron chi connectivity index (χ4n) is 0.762. The number of alkyl halides is 1. The largest absolute Gasteiger partial charge is 0.392 e. The van der Waals surface area contributed by atoms with Gasteiger partial charge in [-0.1, -0.05) is 23.8 Å². The second-order valence-corrected chi connectivity index (χ2v) is 2.95. The highest BCUT2D eigenvalue weighted by Gasteiger charge is 2.20. The number of hydrogen-bond donors (Lipinski definition) is 2. The van der Waals surface area contributed by atoms with Crippen LogP contribution in [0, 0.1) is 0 Å². The maximum atomic E-state index is 9.14. The Kier molecular flexibility index (Phi) is 2.14. The van der Waals surface area contributed by atoms with E-state index in [9.17, 15) is 0 Å². The van der Waals surface area contributed by atoms with E-state index >= 15 is 0 Å². The number of aliphatic hydroxyl groups is 2. The molecule has 0 saturated carbocycles. The van der Waals surface area contributed by atoms with Gasteiger partial charge in [0.05, 0.1) is 6.61 Å². The van der Waals surface area contributed by atoms with Crippen molar-refractivity contribution in [2.75, 3.05) is 6.61 Å². The van der Waals surface area contributed by atoms with Crippen LogP contribution < -0.4 is 0 Å². The Labute approximate surface area is 64.4 Å². The lowest BCUT2D eigenvalue weighted by atomic mass is 10.1. The summed E-state index contributed by atoms with van der Waals surface area (Å²) in [5.74, 6) is 0. The van der Waals surface area contributed by atoms with Crippen LogP contribution in [-0.4, -0.2) is 21.9 Å². The molecule has 0 amide bonds. The Hall–Kier alpha value is -0.310. The van der Waals surface area contributed by atoms with E-state index in [1.54, 1.807) is 12.2 Å². The van der Waals surface area contributed by atoms with Crippen molar-refractivity contribution in [3.63, 3.8) is 0 Å². The molecule has 2 nitrogen and oxygen atoms in total. The lowest BCUT2D eigenvalue weighted by Crippen LogP contribution is -2.18. The van der Waals surface area contributed by atoms with Gasteiger partial charge in [-0.3, -0.25) is 0 Å². The van der Waals surface area contributed by atoms with Crippen LogP contribution in [0.3, 0.4) is 0 Å². The first-order valence-electron chi connectivity index (χ1n) is 3.04. The van der Waals surface area contributed by atoms with Crippen molar-refractivity contribution >= 4 is 11.6 Å². The van der Waals surface area contributed by atoms with E-state index in [1.807, 2.05) is 0 Å². The molecular formula is C7H9ClO2. The van der Waals surface area contributed by atoms with E-state index in [0.29, 0.717) is 6.42 Å². The minimum Gasteiger partial charge on any atom is -0.392 e. The van der Waals surface area contributed by atoms with Crippen LogP contribution in [0.5, 0.6) is 0 Å². The van der Waals surface area contributed by atoms with E-state index in [0.717, 1.165) is 5.57 Å². The molecule has 0 aromatic rings. The highest BCUT2D eigenvalue weighted by molar-refractivity contribution is 6.24. The number of aliphatic hydroxyl groups excluding tert-OH is 1. The lowest BCUT2D eigenvalue weighted by Gasteiger charge is -2.17. The SMILES string of the molecule is OCC1=CCC(O)(Cl)C=C1. The van der Waals surface area contributed by atoms with Crippen LogP contribution in [-0.2, 0) is 0 Å². The third kappa shape index (κ3) is 1.84. The van der Waals surface area contributed by atoms with E-state index in [4.69, 9.17) is 21.8 Å². The van der Waals surface area contributed by atoms with Crippen molar-refractivity contribution in [2.24, 2.45) is 0 Å². The van der Waals surface area contributed by atoms with Gasteiger partial charge in [-0.2, -0.15) is 0 Å². The summed E-state index contributed by atoms with van der Waals surface area (Å²) in [4.78, 5) is 0. The summed E-state index contributed by atoms with van der Waals surface area (Å²) in [5.41, 5.74) is 0.797. The highest BCUT2D eigenvalue weighted by Crippen LogP contribution is 2.23. The van der Waals surface area contributed by atoms with Gasteiger partial charge in [0, 0.05) is 6.42 Å². The molecule has 0 bridgehead atoms. The van der Waals surface area contributed by atoms with Gasteiger partial charge in [0.1, 0.15) is 0 Å². The van der Waals surface area contributed by atoms with Gasteiger partial charge in [0.15, 0.2) is 5.06 Å². The zero-order valence-electron chi connectivity index (χ0n) is 5.42. The molecule has 2 N–H and O–H groups in total. The Morgan fingerprint density at radius 3 is 2.80 bits per heavy atom. The van der Waals surface area contributed by atoms with Gasteiger partial charge >= 0.3 is 0 Å². The van der Waals surface area contributed by atoms with E-state index in [-0.39, 0.29) is 6.61 Å². The quantitative estimate of drug-likeness (QED) is 0.557. The molecule has 3 heteroatoms. The summed E-state index contributed by atoms with van der Waals surface area (Å²) in [7, 11) is 0. The van der Waals surface area contributed by atoms with Crippen molar-refractivity contribution in [3.05, 3.63) is 23.8 Å². The van der Waals surface area contributed by atoms with Crippen molar-refractivity contribution in [1.82, 2.24) is 0 Å². The molecule has 0 fully saturated rings. The standard InChI is InChI=1S/C7H9ClO2/c8-7(10)3-1-6(5-9)2-4-7/h1-3,9-10H,4-5H2. The maximum absolute atomic E-state index is 9.14. The monoisotopic (exact) mass is 160 g/mol. The van der Waals surface area contributed by atoms with Crippen LogP contribution in [0.2, 0.25) is 0 Å². The third-order valence-corrected chi connectivity index (χ3v) is 1.67. The summed E-state index contributed by atoms with van der Waals surface area (Å²) in [5, 5.41) is 16.5. The molecule has 0 aromatic heterocycles. The van der Waals surface area contributed by atoms with E-state index < -0.39 is 5.06 Å². The molecule has 1 rings (SSSR count). The number of hydrogen-bond acceptors (Lipinski definition) is 2. The van der Waals surface area contributed by atoms with Crippen molar-refractivity contribution in [2.45, 2.75) is 11.5 Å². The van der Waals surface area contributed by atoms with Crippen molar-refractivity contribution < 1.29 is 10.2 Å². The molecule has 0 spiro atoms. The molecule has 1 aliphatic carbocycles. The van der Waals surface area contributed by atoms with Gasteiger partial charge in [0.2, 0.25) is 0 Å². The predicted molar refractivity (Wildman–Crippen MR) is 39.7 cm³/mol. The van der Waals surface area contributed by atoms with E-state index in [2.05, 4.69) is 0 Å². The predicted octanol–water partition coefficient (Wildman–Crippen LogP) is 0.792. The first-order chi connectivity index (χ1) is 4.64. The van der Waals surface area contributed by atoms with Crippen LogP contribution in [0.25, 0.3) is 0 Å². The fraction of sp³-hybridized carbons (Fsp3) is 0.429. The lowest BCUT2D eigenvalue weighted by molar-refractivity contribution is 0.180. The average Bonchev–Trinajstić information content (AvgIpc) is 1.88. The number of halogens is 1. The molecule has 1 unspecified atom stereocenters. The second kappa shape index (κ2) is 2.74. The first-order valence-corrected chi connectivity index (χ1v) is 3.42. The van der Waals surface area contributed by atoms with Crippen LogP contribution in [0.1, 0.15) is 6.42 Å². The van der Waals surface area contributed by atoms with Crippen molar-refractivity contribution in [3.8, 4) is 0 Å². The molecule has 56 valence electrons. The van der Waals surface area contributed by atoms with Gasteiger partial charge < -0.3 is 10.2 Å². The Morgan fingerprint density at radius 2 is 2.40 bits per heavy atom. The zero-order chi connectivity index (χ0) is 7.61. The molecular weight excluding hydrogens is 152 g/mol. The molecule has 0 aliphatic heterocycles. The topological polar surface area (TPSA) is 40.5 Å². The Morgan fingerprint density at radius 1 is 1.70 bits per heavy atom. The molecule has 0 aromatic carbocycles. The normalized spacial score (nSPS) is 32.1. The highest BCUT2D eigenvalue weighted by atomic mass is 35.5. The summed E-state index contributed by atoms with van der Waals surface area (Å²) in [6.45, 7) is 0.00344. The Balaban J connectivity index is 2.63. The summed E-state index contributed by atoms with van der Waals surface area (Å²) in [6.07, 6.45) is 5.17.